The lowest BCUT2D eigenvalue weighted by Gasteiger charge is -2.05. The molecule has 1 atom stereocenters. The zero-order chi connectivity index (χ0) is 11.8. The second-order valence-electron chi connectivity index (χ2n) is 3.89. The summed E-state index contributed by atoms with van der Waals surface area (Å²) in [5, 5.41) is 9.02. The number of carbonyl (C=O) groups excluding carboxylic acids is 1. The van der Waals surface area contributed by atoms with E-state index in [1.54, 1.807) is 6.92 Å². The molecule has 88 valence electrons. The predicted octanol–water partition coefficient (Wildman–Crippen LogP) is 2.28. The lowest BCUT2D eigenvalue weighted by molar-refractivity contribution is -0.145. The molecule has 0 aliphatic heterocycles. The van der Waals surface area contributed by atoms with Crippen LogP contribution in [-0.4, -0.2) is 17.2 Å². The van der Waals surface area contributed by atoms with Gasteiger partial charge in [-0.15, -0.1) is 0 Å². The molecule has 1 aromatic carbocycles. The third-order valence-electron chi connectivity index (χ3n) is 2.25. The quantitative estimate of drug-likeness (QED) is 0.751. The maximum absolute atomic E-state index is 11.3. The van der Waals surface area contributed by atoms with Gasteiger partial charge in [0.2, 0.25) is 0 Å². The summed E-state index contributed by atoms with van der Waals surface area (Å²) in [6, 6.07) is 9.59. The van der Waals surface area contributed by atoms with Crippen LogP contribution in [0.25, 0.3) is 0 Å². The van der Waals surface area contributed by atoms with Gasteiger partial charge in [0.05, 0.1) is 6.10 Å². The highest BCUT2D eigenvalue weighted by molar-refractivity contribution is 5.69. The van der Waals surface area contributed by atoms with Crippen molar-refractivity contribution in [3.63, 3.8) is 0 Å². The van der Waals surface area contributed by atoms with Gasteiger partial charge in [-0.1, -0.05) is 30.3 Å². The van der Waals surface area contributed by atoms with E-state index in [4.69, 9.17) is 9.84 Å². The van der Waals surface area contributed by atoms with E-state index in [0.717, 1.165) is 5.56 Å². The molecule has 1 unspecified atom stereocenters. The summed E-state index contributed by atoms with van der Waals surface area (Å²) in [4.78, 5) is 11.3. The van der Waals surface area contributed by atoms with Gasteiger partial charge in [0.15, 0.2) is 0 Å². The molecule has 1 rings (SSSR count). The maximum atomic E-state index is 11.3. The minimum Gasteiger partial charge on any atom is -0.461 e. The fraction of sp³-hybridized carbons (Fsp3) is 0.462. The van der Waals surface area contributed by atoms with E-state index in [1.807, 2.05) is 30.3 Å². The Kier molecular flexibility index (Phi) is 5.57. The normalized spacial score (nSPS) is 12.1. The number of aliphatic hydroxyl groups excluding tert-OH is 1. The Balaban J connectivity index is 2.16. The fourth-order valence-electron chi connectivity index (χ4n) is 1.35. The van der Waals surface area contributed by atoms with Gasteiger partial charge in [0, 0.05) is 6.42 Å². The first-order chi connectivity index (χ1) is 7.68. The smallest absolute Gasteiger partial charge is 0.306 e. The largest absolute Gasteiger partial charge is 0.461 e. The highest BCUT2D eigenvalue weighted by atomic mass is 16.5. The molecule has 0 spiro atoms. The van der Waals surface area contributed by atoms with Gasteiger partial charge in [0.1, 0.15) is 6.61 Å². The molecule has 3 nitrogen and oxygen atoms in total. The van der Waals surface area contributed by atoms with Crippen molar-refractivity contribution in [2.45, 2.75) is 38.9 Å². The van der Waals surface area contributed by atoms with E-state index >= 15 is 0 Å². The third-order valence-corrected chi connectivity index (χ3v) is 2.25. The number of carbonyl (C=O) groups is 1. The molecular weight excluding hydrogens is 204 g/mol. The number of hydrogen-bond donors (Lipinski definition) is 1. The second-order valence-corrected chi connectivity index (χ2v) is 3.89. The minimum atomic E-state index is -0.345. The number of benzene rings is 1. The average molecular weight is 222 g/mol. The molecule has 0 bridgehead atoms. The second kappa shape index (κ2) is 7.01. The molecule has 0 fully saturated rings. The summed E-state index contributed by atoms with van der Waals surface area (Å²) in [5.41, 5.74) is 0.992. The van der Waals surface area contributed by atoms with Crippen molar-refractivity contribution in [2.75, 3.05) is 0 Å². The first-order valence-electron chi connectivity index (χ1n) is 5.56. The molecule has 0 heterocycles. The molecule has 0 radical (unpaired) electrons. The first kappa shape index (κ1) is 12.7. The monoisotopic (exact) mass is 222 g/mol. The van der Waals surface area contributed by atoms with Gasteiger partial charge >= 0.3 is 5.97 Å². The van der Waals surface area contributed by atoms with Crippen molar-refractivity contribution in [1.29, 1.82) is 0 Å². The summed E-state index contributed by atoms with van der Waals surface area (Å²) in [6.07, 6.45) is 1.34. The number of ether oxygens (including phenoxy) is 1. The lowest BCUT2D eigenvalue weighted by Crippen LogP contribution is -2.06. The van der Waals surface area contributed by atoms with Crippen LogP contribution in [-0.2, 0) is 16.1 Å². The highest BCUT2D eigenvalue weighted by Gasteiger charge is 2.04. The Morgan fingerprint density at radius 3 is 2.69 bits per heavy atom. The molecule has 0 amide bonds. The van der Waals surface area contributed by atoms with Crippen molar-refractivity contribution < 1.29 is 14.6 Å². The Morgan fingerprint density at radius 1 is 1.38 bits per heavy atom. The number of rotatable bonds is 6. The van der Waals surface area contributed by atoms with Crippen LogP contribution in [0.5, 0.6) is 0 Å². The van der Waals surface area contributed by atoms with Crippen molar-refractivity contribution in [2.24, 2.45) is 0 Å². The predicted molar refractivity (Wildman–Crippen MR) is 61.8 cm³/mol. The molecule has 0 aliphatic rings. The molecule has 0 saturated carbocycles. The van der Waals surface area contributed by atoms with E-state index in [9.17, 15) is 4.79 Å². The highest BCUT2D eigenvalue weighted by Crippen LogP contribution is 2.05. The molecule has 0 aromatic heterocycles. The number of esters is 1. The number of aliphatic hydroxyl groups is 1. The van der Waals surface area contributed by atoms with E-state index in [0.29, 0.717) is 25.9 Å². The van der Waals surface area contributed by atoms with Gasteiger partial charge < -0.3 is 9.84 Å². The average Bonchev–Trinajstić information content (AvgIpc) is 2.27. The topological polar surface area (TPSA) is 46.5 Å². The fourth-order valence-corrected chi connectivity index (χ4v) is 1.35. The van der Waals surface area contributed by atoms with Crippen LogP contribution in [0.2, 0.25) is 0 Å². The van der Waals surface area contributed by atoms with Gasteiger partial charge in [-0.05, 0) is 25.3 Å². The van der Waals surface area contributed by atoms with Crippen molar-refractivity contribution in [3.8, 4) is 0 Å². The summed E-state index contributed by atoms with van der Waals surface area (Å²) < 4.78 is 5.09. The van der Waals surface area contributed by atoms with Gasteiger partial charge in [-0.25, -0.2) is 0 Å². The SMILES string of the molecule is CC(O)CCCC(=O)OCc1ccccc1. The van der Waals surface area contributed by atoms with E-state index < -0.39 is 0 Å². The zero-order valence-electron chi connectivity index (χ0n) is 9.56. The van der Waals surface area contributed by atoms with Crippen LogP contribution < -0.4 is 0 Å². The third kappa shape index (κ3) is 5.51. The van der Waals surface area contributed by atoms with Gasteiger partial charge in [0.25, 0.3) is 0 Å². The Hall–Kier alpha value is -1.35. The maximum Gasteiger partial charge on any atom is 0.306 e. The zero-order valence-corrected chi connectivity index (χ0v) is 9.56. The Labute approximate surface area is 96.1 Å². The molecule has 16 heavy (non-hydrogen) atoms. The summed E-state index contributed by atoms with van der Waals surface area (Å²) in [6.45, 7) is 2.05. The number of hydrogen-bond acceptors (Lipinski definition) is 3. The first-order valence-corrected chi connectivity index (χ1v) is 5.56. The molecule has 0 aliphatic carbocycles. The van der Waals surface area contributed by atoms with Crippen LogP contribution >= 0.6 is 0 Å². The molecule has 1 N–H and O–H groups in total. The van der Waals surface area contributed by atoms with Gasteiger partial charge in [-0.3, -0.25) is 4.79 Å². The van der Waals surface area contributed by atoms with Gasteiger partial charge in [-0.2, -0.15) is 0 Å². The van der Waals surface area contributed by atoms with Crippen LogP contribution in [0, 0.1) is 0 Å². The summed E-state index contributed by atoms with van der Waals surface area (Å²) >= 11 is 0. The Morgan fingerprint density at radius 2 is 2.06 bits per heavy atom. The summed E-state index contributed by atoms with van der Waals surface area (Å²) in [7, 11) is 0. The standard InChI is InChI=1S/C13H18O3/c1-11(14)6-5-9-13(15)16-10-12-7-3-2-4-8-12/h2-4,7-8,11,14H,5-6,9-10H2,1H3. The minimum absolute atomic E-state index is 0.204. The lowest BCUT2D eigenvalue weighted by atomic mass is 10.2. The molecule has 0 saturated heterocycles. The van der Waals surface area contributed by atoms with Crippen LogP contribution in [0.4, 0.5) is 0 Å². The van der Waals surface area contributed by atoms with Crippen LogP contribution in [0.15, 0.2) is 30.3 Å². The van der Waals surface area contributed by atoms with Crippen molar-refractivity contribution >= 4 is 5.97 Å². The summed E-state index contributed by atoms with van der Waals surface area (Å²) in [5.74, 6) is -0.204. The van der Waals surface area contributed by atoms with Crippen LogP contribution in [0.3, 0.4) is 0 Å². The van der Waals surface area contributed by atoms with E-state index in [-0.39, 0.29) is 12.1 Å². The molecule has 1 aromatic rings. The van der Waals surface area contributed by atoms with Crippen molar-refractivity contribution in [3.05, 3.63) is 35.9 Å². The molecular formula is C13H18O3. The van der Waals surface area contributed by atoms with E-state index in [2.05, 4.69) is 0 Å². The van der Waals surface area contributed by atoms with E-state index in [1.165, 1.54) is 0 Å². The molecule has 3 heteroatoms. The van der Waals surface area contributed by atoms with Crippen LogP contribution in [0.1, 0.15) is 31.7 Å². The van der Waals surface area contributed by atoms with Crippen molar-refractivity contribution in [1.82, 2.24) is 0 Å². The Bertz CT molecular complexity index is 306.